The van der Waals surface area contributed by atoms with Crippen LogP contribution in [0.3, 0.4) is 0 Å². The van der Waals surface area contributed by atoms with E-state index in [2.05, 4.69) is 42.1 Å². The van der Waals surface area contributed by atoms with Gasteiger partial charge in [0.25, 0.3) is 0 Å². The van der Waals surface area contributed by atoms with Gasteiger partial charge in [0.15, 0.2) is 12.4 Å². The van der Waals surface area contributed by atoms with Gasteiger partial charge in [0.1, 0.15) is 6.54 Å². The molecule has 0 spiro atoms. The average molecular weight is 374 g/mol. The van der Waals surface area contributed by atoms with E-state index in [1.54, 1.807) is 0 Å². The van der Waals surface area contributed by atoms with E-state index in [1.165, 1.54) is 83.6 Å². The lowest BCUT2D eigenvalue weighted by Gasteiger charge is -2.02. The van der Waals surface area contributed by atoms with Crippen molar-refractivity contribution in [2.24, 2.45) is 0 Å². The van der Waals surface area contributed by atoms with Gasteiger partial charge in [0.05, 0.1) is 0 Å². The van der Waals surface area contributed by atoms with Gasteiger partial charge in [0.2, 0.25) is 0 Å². The van der Waals surface area contributed by atoms with E-state index >= 15 is 0 Å². The van der Waals surface area contributed by atoms with Crippen LogP contribution in [0.5, 0.6) is 0 Å². The standard InChI is InChI=1S/C19H34N.BrH.H3N/c1-2-3-4-5-6-7-8-9-10-11-12-14-17-20-18-15-13-16-19-20;;/h13,15-16,18-19H,2-12,14,17H2,1H3;1H;1H3/q+1;;. The summed E-state index contributed by atoms with van der Waals surface area (Å²) < 4.78 is 2.29. The van der Waals surface area contributed by atoms with Crippen molar-refractivity contribution < 1.29 is 4.57 Å². The molecular formula is C19H38BrN2+. The second-order valence-corrected chi connectivity index (χ2v) is 6.00. The van der Waals surface area contributed by atoms with Gasteiger partial charge in [0, 0.05) is 18.6 Å². The van der Waals surface area contributed by atoms with Crippen LogP contribution in [0, 0.1) is 0 Å². The Labute approximate surface area is 149 Å². The van der Waals surface area contributed by atoms with Crippen LogP contribution in [0.2, 0.25) is 0 Å². The van der Waals surface area contributed by atoms with Gasteiger partial charge in [-0.15, -0.1) is 17.0 Å². The third kappa shape index (κ3) is 14.5. The minimum Gasteiger partial charge on any atom is -0.344 e. The fraction of sp³-hybridized carbons (Fsp3) is 0.737. The first-order valence-corrected chi connectivity index (χ1v) is 8.87. The number of rotatable bonds is 13. The Morgan fingerprint density at radius 3 is 1.45 bits per heavy atom. The molecule has 0 aromatic carbocycles. The molecule has 0 atom stereocenters. The van der Waals surface area contributed by atoms with Gasteiger partial charge < -0.3 is 6.15 Å². The summed E-state index contributed by atoms with van der Waals surface area (Å²) in [6.45, 7) is 3.47. The number of halogens is 1. The van der Waals surface area contributed by atoms with Crippen molar-refractivity contribution in [2.75, 3.05) is 0 Å². The second kappa shape index (κ2) is 18.6. The molecule has 1 heterocycles. The fourth-order valence-electron chi connectivity index (χ4n) is 2.72. The minimum absolute atomic E-state index is 0. The molecule has 0 unspecified atom stereocenters. The smallest absolute Gasteiger partial charge is 0.168 e. The normalized spacial score (nSPS) is 9.86. The number of unbranched alkanes of at least 4 members (excludes halogenated alkanes) is 11. The van der Waals surface area contributed by atoms with E-state index in [0.29, 0.717) is 0 Å². The van der Waals surface area contributed by atoms with Crippen LogP contribution < -0.4 is 10.7 Å². The highest BCUT2D eigenvalue weighted by Crippen LogP contribution is 2.11. The molecule has 0 radical (unpaired) electrons. The fourth-order valence-corrected chi connectivity index (χ4v) is 2.72. The molecule has 1 aromatic rings. The molecule has 1 rings (SSSR count). The Hall–Kier alpha value is -0.410. The van der Waals surface area contributed by atoms with Gasteiger partial charge in [-0.2, -0.15) is 0 Å². The van der Waals surface area contributed by atoms with Crippen molar-refractivity contribution in [2.45, 2.75) is 90.5 Å². The van der Waals surface area contributed by atoms with Crippen molar-refractivity contribution in [3.8, 4) is 0 Å². The van der Waals surface area contributed by atoms with E-state index in [4.69, 9.17) is 0 Å². The first kappa shape index (κ1) is 23.9. The molecule has 0 bridgehead atoms. The molecular weight excluding hydrogens is 336 g/mol. The molecule has 0 aliphatic carbocycles. The summed E-state index contributed by atoms with van der Waals surface area (Å²) in [4.78, 5) is 0. The molecule has 2 nitrogen and oxygen atoms in total. The van der Waals surface area contributed by atoms with Crippen molar-refractivity contribution in [1.82, 2.24) is 6.15 Å². The molecule has 0 amide bonds. The zero-order valence-electron chi connectivity index (χ0n) is 14.6. The summed E-state index contributed by atoms with van der Waals surface area (Å²) in [5.74, 6) is 0. The van der Waals surface area contributed by atoms with Crippen LogP contribution in [-0.4, -0.2) is 0 Å². The maximum atomic E-state index is 2.29. The summed E-state index contributed by atoms with van der Waals surface area (Å²) in [6.07, 6.45) is 21.4. The summed E-state index contributed by atoms with van der Waals surface area (Å²) in [5, 5.41) is 0. The lowest BCUT2D eigenvalue weighted by Crippen LogP contribution is -2.32. The molecule has 0 saturated heterocycles. The van der Waals surface area contributed by atoms with Crippen molar-refractivity contribution in [3.63, 3.8) is 0 Å². The van der Waals surface area contributed by atoms with E-state index in [0.717, 1.165) is 0 Å². The molecule has 0 fully saturated rings. The van der Waals surface area contributed by atoms with Crippen molar-refractivity contribution in [1.29, 1.82) is 0 Å². The summed E-state index contributed by atoms with van der Waals surface area (Å²) in [5.41, 5.74) is 0. The summed E-state index contributed by atoms with van der Waals surface area (Å²) >= 11 is 0. The van der Waals surface area contributed by atoms with Gasteiger partial charge in [-0.05, 0) is 6.42 Å². The van der Waals surface area contributed by atoms with Crippen LogP contribution in [0.15, 0.2) is 30.6 Å². The predicted octanol–water partition coefficient (Wildman–Crippen LogP) is 6.42. The Balaban J connectivity index is 0. The van der Waals surface area contributed by atoms with E-state index in [9.17, 15) is 0 Å². The van der Waals surface area contributed by atoms with Gasteiger partial charge in [-0.1, -0.05) is 77.2 Å². The molecule has 130 valence electrons. The Morgan fingerprint density at radius 2 is 1.00 bits per heavy atom. The molecule has 22 heavy (non-hydrogen) atoms. The maximum absolute atomic E-state index is 2.29. The zero-order chi connectivity index (χ0) is 14.3. The highest BCUT2D eigenvalue weighted by atomic mass is 79.9. The number of aryl methyl sites for hydroxylation is 1. The van der Waals surface area contributed by atoms with Crippen LogP contribution in [0.25, 0.3) is 0 Å². The van der Waals surface area contributed by atoms with E-state index in [1.807, 2.05) is 0 Å². The molecule has 3 heteroatoms. The SMILES string of the molecule is Br.CCCCCCCCCCCCCC[n+]1ccccc1.N. The number of hydrogen-bond acceptors (Lipinski definition) is 1. The van der Waals surface area contributed by atoms with Gasteiger partial charge in [-0.25, -0.2) is 4.57 Å². The second-order valence-electron chi connectivity index (χ2n) is 6.00. The average Bonchev–Trinajstić information content (AvgIpc) is 2.49. The third-order valence-corrected chi connectivity index (χ3v) is 4.05. The number of hydrogen-bond donors (Lipinski definition) is 1. The number of nitrogens with zero attached hydrogens (tertiary/aromatic N) is 1. The first-order chi connectivity index (χ1) is 9.93. The van der Waals surface area contributed by atoms with Crippen LogP contribution in [0.1, 0.15) is 84.0 Å². The molecule has 0 saturated carbocycles. The third-order valence-electron chi connectivity index (χ3n) is 4.05. The Morgan fingerprint density at radius 1 is 0.591 bits per heavy atom. The number of pyridine rings is 1. The van der Waals surface area contributed by atoms with Crippen molar-refractivity contribution >= 4 is 17.0 Å². The van der Waals surface area contributed by atoms with Crippen LogP contribution in [-0.2, 0) is 6.54 Å². The topological polar surface area (TPSA) is 38.9 Å². The zero-order valence-corrected chi connectivity index (χ0v) is 16.4. The van der Waals surface area contributed by atoms with Crippen LogP contribution in [0.4, 0.5) is 0 Å². The quantitative estimate of drug-likeness (QED) is 0.314. The molecule has 3 N–H and O–H groups in total. The van der Waals surface area contributed by atoms with Crippen molar-refractivity contribution in [3.05, 3.63) is 30.6 Å². The van der Waals surface area contributed by atoms with E-state index < -0.39 is 0 Å². The predicted molar refractivity (Wildman–Crippen MR) is 103 cm³/mol. The van der Waals surface area contributed by atoms with Crippen LogP contribution >= 0.6 is 17.0 Å². The largest absolute Gasteiger partial charge is 0.344 e. The maximum Gasteiger partial charge on any atom is 0.168 e. The van der Waals surface area contributed by atoms with Gasteiger partial charge >= 0.3 is 0 Å². The highest BCUT2D eigenvalue weighted by Gasteiger charge is 1.97. The lowest BCUT2D eigenvalue weighted by atomic mass is 10.1. The number of aromatic nitrogens is 1. The Bertz CT molecular complexity index is 304. The van der Waals surface area contributed by atoms with E-state index in [-0.39, 0.29) is 23.1 Å². The molecule has 0 aliphatic heterocycles. The lowest BCUT2D eigenvalue weighted by molar-refractivity contribution is -0.697. The first-order valence-electron chi connectivity index (χ1n) is 8.87. The molecule has 0 aliphatic rings. The minimum atomic E-state index is 0. The summed E-state index contributed by atoms with van der Waals surface area (Å²) in [7, 11) is 0. The molecule has 1 aromatic heterocycles. The summed E-state index contributed by atoms with van der Waals surface area (Å²) in [6, 6.07) is 6.31. The van der Waals surface area contributed by atoms with Gasteiger partial charge in [-0.3, -0.25) is 0 Å². The highest BCUT2D eigenvalue weighted by molar-refractivity contribution is 8.93. The Kier molecular flexibility index (Phi) is 20.2. The monoisotopic (exact) mass is 373 g/mol.